The number of carboxylic acids is 1. The first-order valence-corrected chi connectivity index (χ1v) is 12.3. The van der Waals surface area contributed by atoms with Gasteiger partial charge in [0.1, 0.15) is 5.75 Å². The number of halogens is 3. The number of carboxylic acid groups (broad SMARTS) is 1. The number of carbonyl (C=O) groups is 1. The van der Waals surface area contributed by atoms with E-state index < -0.39 is 23.3 Å². The van der Waals surface area contributed by atoms with Crippen LogP contribution in [0.4, 0.5) is 13.2 Å². The molecule has 1 aromatic heterocycles. The highest BCUT2D eigenvalue weighted by Crippen LogP contribution is 2.35. The molecule has 35 heavy (non-hydrogen) atoms. The summed E-state index contributed by atoms with van der Waals surface area (Å²) < 4.78 is 44.4. The molecule has 8 heteroatoms. The first-order valence-electron chi connectivity index (χ1n) is 11.5. The van der Waals surface area contributed by atoms with Crippen molar-refractivity contribution in [2.75, 3.05) is 13.1 Å². The number of hydrogen-bond acceptors (Lipinski definition) is 4. The van der Waals surface area contributed by atoms with Crippen LogP contribution in [0.15, 0.2) is 47.8 Å². The standard InChI is InChI=1S/C27H28F3NO3S/c1-17-23(19-4-7-21(8-5-19)27(28,29)30)16-35-24(17)15-31-12-10-18-6-9-22(14-20(18)11-13-31)34-26(2,3)25(32)33/h4-9,14,16H,10-13,15H2,1-3H3,(H,32,33). The van der Waals surface area contributed by atoms with E-state index in [2.05, 4.69) is 4.90 Å². The van der Waals surface area contributed by atoms with E-state index in [1.807, 2.05) is 30.5 Å². The number of fused-ring (bicyclic) bond motifs is 1. The van der Waals surface area contributed by atoms with Crippen molar-refractivity contribution in [3.63, 3.8) is 0 Å². The van der Waals surface area contributed by atoms with Crippen molar-refractivity contribution >= 4 is 17.3 Å². The maximum atomic E-state index is 12.9. The fourth-order valence-corrected chi connectivity index (χ4v) is 5.36. The Labute approximate surface area is 207 Å². The predicted molar refractivity (Wildman–Crippen MR) is 131 cm³/mol. The van der Waals surface area contributed by atoms with Crippen molar-refractivity contribution in [2.45, 2.75) is 51.9 Å². The van der Waals surface area contributed by atoms with Gasteiger partial charge in [-0.3, -0.25) is 4.90 Å². The molecule has 2 heterocycles. The molecule has 0 spiro atoms. The van der Waals surface area contributed by atoms with Crippen molar-refractivity contribution < 1.29 is 27.8 Å². The first-order chi connectivity index (χ1) is 16.4. The van der Waals surface area contributed by atoms with Crippen LogP contribution in [0.25, 0.3) is 11.1 Å². The number of aliphatic carboxylic acids is 1. The summed E-state index contributed by atoms with van der Waals surface area (Å²) in [6.07, 6.45) is -2.62. The molecule has 0 fully saturated rings. The molecule has 1 aliphatic rings. The Hall–Kier alpha value is -2.84. The average molecular weight is 504 g/mol. The summed E-state index contributed by atoms with van der Waals surface area (Å²) in [6.45, 7) is 7.61. The Bertz CT molecular complexity index is 1220. The van der Waals surface area contributed by atoms with E-state index in [-0.39, 0.29) is 0 Å². The highest BCUT2D eigenvalue weighted by Gasteiger charge is 2.31. The second-order valence-corrected chi connectivity index (χ2v) is 10.4. The highest BCUT2D eigenvalue weighted by molar-refractivity contribution is 7.10. The van der Waals surface area contributed by atoms with Crippen LogP contribution in [0.3, 0.4) is 0 Å². The van der Waals surface area contributed by atoms with Crippen molar-refractivity contribution in [2.24, 2.45) is 0 Å². The summed E-state index contributed by atoms with van der Waals surface area (Å²) in [5, 5.41) is 11.3. The van der Waals surface area contributed by atoms with Gasteiger partial charge in [-0.1, -0.05) is 18.2 Å². The molecule has 0 amide bonds. The zero-order valence-corrected chi connectivity index (χ0v) is 20.7. The van der Waals surface area contributed by atoms with Gasteiger partial charge in [0.2, 0.25) is 0 Å². The third kappa shape index (κ3) is 5.70. The van der Waals surface area contributed by atoms with Gasteiger partial charge in [-0.15, -0.1) is 11.3 Å². The summed E-state index contributed by atoms with van der Waals surface area (Å²) in [5.74, 6) is -0.458. The van der Waals surface area contributed by atoms with Gasteiger partial charge < -0.3 is 9.84 Å². The molecule has 4 nitrogen and oxygen atoms in total. The number of hydrogen-bond donors (Lipinski definition) is 1. The fraction of sp³-hybridized carbons (Fsp3) is 0.370. The van der Waals surface area contributed by atoms with E-state index in [0.717, 1.165) is 61.3 Å². The molecule has 0 radical (unpaired) electrons. The van der Waals surface area contributed by atoms with E-state index in [0.29, 0.717) is 5.75 Å². The lowest BCUT2D eigenvalue weighted by Crippen LogP contribution is -2.37. The third-order valence-electron chi connectivity index (χ3n) is 6.49. The fourth-order valence-electron chi connectivity index (χ4n) is 4.25. The molecule has 1 aliphatic heterocycles. The monoisotopic (exact) mass is 503 g/mol. The van der Waals surface area contributed by atoms with Gasteiger partial charge in [0, 0.05) is 24.5 Å². The van der Waals surface area contributed by atoms with Crippen LogP contribution in [0.2, 0.25) is 0 Å². The number of alkyl halides is 3. The normalized spacial score (nSPS) is 14.9. The molecular weight excluding hydrogens is 475 g/mol. The van der Waals surface area contributed by atoms with Crippen LogP contribution in [-0.4, -0.2) is 34.7 Å². The Morgan fingerprint density at radius 2 is 1.71 bits per heavy atom. The van der Waals surface area contributed by atoms with Gasteiger partial charge in [-0.25, -0.2) is 4.79 Å². The molecule has 0 atom stereocenters. The van der Waals surface area contributed by atoms with Crippen molar-refractivity contribution in [1.29, 1.82) is 0 Å². The smallest absolute Gasteiger partial charge is 0.416 e. The van der Waals surface area contributed by atoms with E-state index in [1.165, 1.54) is 42.0 Å². The predicted octanol–water partition coefficient (Wildman–Crippen LogP) is 6.59. The van der Waals surface area contributed by atoms with Crippen LogP contribution in [0.5, 0.6) is 5.75 Å². The van der Waals surface area contributed by atoms with Gasteiger partial charge in [0.15, 0.2) is 5.60 Å². The Morgan fingerprint density at radius 1 is 1.06 bits per heavy atom. The Balaban J connectivity index is 1.44. The summed E-state index contributed by atoms with van der Waals surface area (Å²) in [5.41, 5.74) is 3.33. The molecular formula is C27H28F3NO3S. The lowest BCUT2D eigenvalue weighted by atomic mass is 10.0. The highest BCUT2D eigenvalue weighted by atomic mass is 32.1. The van der Waals surface area contributed by atoms with Crippen molar-refractivity contribution in [1.82, 2.24) is 4.90 Å². The molecule has 0 bridgehead atoms. The minimum Gasteiger partial charge on any atom is -0.478 e. The summed E-state index contributed by atoms with van der Waals surface area (Å²) in [4.78, 5) is 15.0. The van der Waals surface area contributed by atoms with Gasteiger partial charge in [0.05, 0.1) is 5.56 Å². The van der Waals surface area contributed by atoms with Gasteiger partial charge in [0.25, 0.3) is 0 Å². The number of benzene rings is 2. The maximum absolute atomic E-state index is 12.9. The van der Waals surface area contributed by atoms with Gasteiger partial charge >= 0.3 is 12.1 Å². The molecule has 2 aromatic carbocycles. The van der Waals surface area contributed by atoms with Crippen LogP contribution in [0.1, 0.15) is 41.0 Å². The second-order valence-electron chi connectivity index (χ2n) is 9.40. The number of rotatable bonds is 6. The molecule has 3 aromatic rings. The Morgan fingerprint density at radius 3 is 2.34 bits per heavy atom. The van der Waals surface area contributed by atoms with E-state index >= 15 is 0 Å². The summed E-state index contributed by atoms with van der Waals surface area (Å²) in [6, 6.07) is 11.1. The van der Waals surface area contributed by atoms with Crippen LogP contribution in [0, 0.1) is 6.92 Å². The maximum Gasteiger partial charge on any atom is 0.416 e. The van der Waals surface area contributed by atoms with Crippen molar-refractivity contribution in [3.8, 4) is 16.9 Å². The third-order valence-corrected chi connectivity index (χ3v) is 7.57. The van der Waals surface area contributed by atoms with Crippen LogP contribution >= 0.6 is 11.3 Å². The lowest BCUT2D eigenvalue weighted by molar-refractivity contribution is -0.152. The van der Waals surface area contributed by atoms with Gasteiger partial charge in [-0.05, 0) is 91.1 Å². The van der Waals surface area contributed by atoms with E-state index in [4.69, 9.17) is 4.74 Å². The van der Waals surface area contributed by atoms with Crippen molar-refractivity contribution in [3.05, 3.63) is 75.0 Å². The number of thiophene rings is 1. The summed E-state index contributed by atoms with van der Waals surface area (Å²) in [7, 11) is 0. The average Bonchev–Trinajstić information content (AvgIpc) is 3.02. The lowest BCUT2D eigenvalue weighted by Gasteiger charge is -2.22. The largest absolute Gasteiger partial charge is 0.478 e. The van der Waals surface area contributed by atoms with E-state index in [9.17, 15) is 23.1 Å². The SMILES string of the molecule is Cc1c(-c2ccc(C(F)(F)F)cc2)csc1CN1CCc2ccc(OC(C)(C)C(=O)O)cc2CC1. The van der Waals surface area contributed by atoms with E-state index in [1.54, 1.807) is 11.3 Å². The minimum atomic E-state index is -4.34. The van der Waals surface area contributed by atoms with Crippen LogP contribution < -0.4 is 4.74 Å². The second kappa shape index (κ2) is 9.66. The Kier molecular flexibility index (Phi) is 6.97. The van der Waals surface area contributed by atoms with Gasteiger partial charge in [-0.2, -0.15) is 13.2 Å². The molecule has 0 aliphatic carbocycles. The molecule has 186 valence electrons. The number of nitrogens with zero attached hydrogens (tertiary/aromatic N) is 1. The molecule has 1 N–H and O–H groups in total. The zero-order chi connectivity index (χ0) is 25.4. The molecule has 0 saturated carbocycles. The molecule has 0 saturated heterocycles. The summed E-state index contributed by atoms with van der Waals surface area (Å²) >= 11 is 1.64. The zero-order valence-electron chi connectivity index (χ0n) is 19.9. The topological polar surface area (TPSA) is 49.8 Å². The molecule has 0 unspecified atom stereocenters. The number of ether oxygens (including phenoxy) is 1. The quantitative estimate of drug-likeness (QED) is 0.413. The first kappa shape index (κ1) is 25.3. The molecule has 4 rings (SSSR count). The van der Waals surface area contributed by atoms with Crippen LogP contribution in [-0.2, 0) is 30.4 Å². The minimum absolute atomic E-state index is 0.555.